The summed E-state index contributed by atoms with van der Waals surface area (Å²) >= 11 is 1.31. The van der Waals surface area contributed by atoms with Crippen molar-refractivity contribution < 1.29 is 4.42 Å². The fraction of sp³-hybridized carbons (Fsp3) is 0.111. The van der Waals surface area contributed by atoms with Crippen molar-refractivity contribution in [3.05, 3.63) is 29.9 Å². The summed E-state index contributed by atoms with van der Waals surface area (Å²) in [5.74, 6) is 0.451. The third-order valence-corrected chi connectivity index (χ3v) is 2.55. The van der Waals surface area contributed by atoms with E-state index < -0.39 is 0 Å². The lowest BCUT2D eigenvalue weighted by Crippen LogP contribution is -2.12. The average Bonchev–Trinajstić information content (AvgIpc) is 2.64. The largest absolute Gasteiger partial charge is 0.416 e. The van der Waals surface area contributed by atoms with Crippen molar-refractivity contribution in [1.29, 1.82) is 5.41 Å². The first-order chi connectivity index (χ1) is 7.65. The van der Waals surface area contributed by atoms with Gasteiger partial charge in [0.2, 0.25) is 5.89 Å². The predicted molar refractivity (Wildman–Crippen MR) is 58.4 cm³/mol. The molecule has 0 saturated carbocycles. The number of nitrogen functional groups attached to an aromatic ring is 1. The van der Waals surface area contributed by atoms with E-state index in [9.17, 15) is 0 Å². The Morgan fingerprint density at radius 2 is 2.31 bits per heavy atom. The van der Waals surface area contributed by atoms with Crippen molar-refractivity contribution in [3.8, 4) is 0 Å². The van der Waals surface area contributed by atoms with Gasteiger partial charge in [0.25, 0.3) is 5.22 Å². The van der Waals surface area contributed by atoms with Gasteiger partial charge in [-0.05, 0) is 23.9 Å². The third-order valence-electron chi connectivity index (χ3n) is 1.72. The molecule has 82 valence electrons. The number of hydrogen-bond donors (Lipinski definition) is 2. The molecule has 0 amide bonds. The van der Waals surface area contributed by atoms with Crippen LogP contribution in [0.25, 0.3) is 0 Å². The minimum atomic E-state index is -0.0656. The Balaban J connectivity index is 2.21. The van der Waals surface area contributed by atoms with Crippen LogP contribution in [0, 0.1) is 12.3 Å². The van der Waals surface area contributed by atoms with Gasteiger partial charge in [-0.3, -0.25) is 10.4 Å². The van der Waals surface area contributed by atoms with E-state index in [1.807, 2.05) is 0 Å². The molecular weight excluding hydrogens is 226 g/mol. The van der Waals surface area contributed by atoms with Crippen LogP contribution in [0.3, 0.4) is 0 Å². The van der Waals surface area contributed by atoms with E-state index in [4.69, 9.17) is 15.6 Å². The van der Waals surface area contributed by atoms with Crippen LogP contribution in [0.2, 0.25) is 0 Å². The van der Waals surface area contributed by atoms with Crippen LogP contribution in [-0.4, -0.2) is 21.0 Å². The van der Waals surface area contributed by atoms with Gasteiger partial charge in [0.05, 0.1) is 0 Å². The molecule has 0 radical (unpaired) electrons. The maximum Gasteiger partial charge on any atom is 0.281 e. The summed E-state index contributed by atoms with van der Waals surface area (Å²) in [6.45, 7) is 1.73. The van der Waals surface area contributed by atoms with Gasteiger partial charge < -0.3 is 10.2 Å². The topological polar surface area (TPSA) is 102 Å². The first-order valence-electron chi connectivity index (χ1n) is 4.43. The minimum Gasteiger partial charge on any atom is -0.416 e. The molecule has 0 aliphatic rings. The molecule has 0 bridgehead atoms. The van der Waals surface area contributed by atoms with Crippen LogP contribution in [0.5, 0.6) is 0 Å². The normalized spacial score (nSPS) is 10.3. The SMILES string of the molecule is Cc1nnc(Sc2ccnc(C(=N)N)c2)o1. The van der Waals surface area contributed by atoms with Gasteiger partial charge in [-0.1, -0.05) is 0 Å². The summed E-state index contributed by atoms with van der Waals surface area (Å²) in [6.07, 6.45) is 1.59. The second-order valence-electron chi connectivity index (χ2n) is 2.98. The second kappa shape index (κ2) is 4.31. The van der Waals surface area contributed by atoms with Crippen molar-refractivity contribution in [2.75, 3.05) is 0 Å². The van der Waals surface area contributed by atoms with Crippen LogP contribution < -0.4 is 5.73 Å². The number of nitrogens with zero attached hydrogens (tertiary/aromatic N) is 3. The number of hydrogen-bond acceptors (Lipinski definition) is 6. The van der Waals surface area contributed by atoms with Gasteiger partial charge in [0.15, 0.2) is 0 Å². The molecule has 0 aliphatic heterocycles. The van der Waals surface area contributed by atoms with E-state index in [0.717, 1.165) is 4.90 Å². The Morgan fingerprint density at radius 3 is 2.94 bits per heavy atom. The Bertz CT molecular complexity index is 524. The van der Waals surface area contributed by atoms with Crippen LogP contribution in [0.15, 0.2) is 32.9 Å². The number of nitrogens with two attached hydrogens (primary N) is 1. The average molecular weight is 235 g/mol. The fourth-order valence-electron chi connectivity index (χ4n) is 1.04. The first kappa shape index (κ1) is 10.6. The highest BCUT2D eigenvalue weighted by Crippen LogP contribution is 2.26. The molecule has 2 rings (SSSR count). The summed E-state index contributed by atoms with van der Waals surface area (Å²) in [5.41, 5.74) is 5.77. The van der Waals surface area contributed by atoms with Crippen molar-refractivity contribution >= 4 is 17.6 Å². The lowest BCUT2D eigenvalue weighted by Gasteiger charge is -1.99. The van der Waals surface area contributed by atoms with Gasteiger partial charge >= 0.3 is 0 Å². The molecule has 2 aromatic rings. The highest BCUT2D eigenvalue weighted by molar-refractivity contribution is 7.99. The highest BCUT2D eigenvalue weighted by Gasteiger charge is 2.06. The van der Waals surface area contributed by atoms with Gasteiger partial charge in [0, 0.05) is 18.0 Å². The van der Waals surface area contributed by atoms with Crippen LogP contribution >= 0.6 is 11.8 Å². The van der Waals surface area contributed by atoms with Crippen molar-refractivity contribution in [1.82, 2.24) is 15.2 Å². The minimum absolute atomic E-state index is 0.0656. The monoisotopic (exact) mass is 235 g/mol. The molecule has 2 heterocycles. The number of nitrogens with one attached hydrogen (secondary N) is 1. The summed E-state index contributed by atoms with van der Waals surface area (Å²) in [4.78, 5) is 4.81. The summed E-state index contributed by atoms with van der Waals surface area (Å²) < 4.78 is 5.22. The Hall–Kier alpha value is -1.89. The number of pyridine rings is 1. The number of amidine groups is 1. The molecule has 6 nitrogen and oxygen atoms in total. The Kier molecular flexibility index (Phi) is 2.86. The lowest BCUT2D eigenvalue weighted by atomic mass is 10.3. The summed E-state index contributed by atoms with van der Waals surface area (Å²) in [5, 5.41) is 15.3. The molecule has 0 unspecified atom stereocenters. The first-order valence-corrected chi connectivity index (χ1v) is 5.25. The molecule has 0 fully saturated rings. The molecule has 0 aliphatic carbocycles. The molecular formula is C9H9N5OS. The molecule has 0 aromatic carbocycles. The van der Waals surface area contributed by atoms with E-state index >= 15 is 0 Å². The third kappa shape index (κ3) is 2.37. The highest BCUT2D eigenvalue weighted by atomic mass is 32.2. The molecule has 0 spiro atoms. The van der Waals surface area contributed by atoms with Crippen LogP contribution in [-0.2, 0) is 0 Å². The Labute approximate surface area is 95.8 Å². The Morgan fingerprint density at radius 1 is 1.50 bits per heavy atom. The second-order valence-corrected chi connectivity index (χ2v) is 4.00. The molecule has 0 saturated heterocycles. The van der Waals surface area contributed by atoms with Crippen LogP contribution in [0.4, 0.5) is 0 Å². The van der Waals surface area contributed by atoms with Crippen molar-refractivity contribution in [2.45, 2.75) is 17.0 Å². The standard InChI is InChI=1S/C9H9N5OS/c1-5-13-14-9(15-5)16-6-2-3-12-7(4-6)8(10)11/h2-4H,1H3,(H3,10,11). The zero-order valence-corrected chi connectivity index (χ0v) is 9.28. The lowest BCUT2D eigenvalue weighted by molar-refractivity contribution is 0.429. The van der Waals surface area contributed by atoms with Crippen molar-refractivity contribution in [2.24, 2.45) is 5.73 Å². The van der Waals surface area contributed by atoms with E-state index in [0.29, 0.717) is 16.8 Å². The summed E-state index contributed by atoms with van der Waals surface area (Å²) in [7, 11) is 0. The van der Waals surface area contributed by atoms with E-state index in [1.165, 1.54) is 11.8 Å². The smallest absolute Gasteiger partial charge is 0.281 e. The van der Waals surface area contributed by atoms with Gasteiger partial charge in [-0.2, -0.15) is 0 Å². The fourth-order valence-corrected chi connectivity index (χ4v) is 1.79. The predicted octanol–water partition coefficient (Wildman–Crippen LogP) is 1.21. The quantitative estimate of drug-likeness (QED) is 0.612. The molecule has 16 heavy (non-hydrogen) atoms. The van der Waals surface area contributed by atoms with E-state index in [1.54, 1.807) is 25.3 Å². The van der Waals surface area contributed by atoms with Gasteiger partial charge in [-0.25, -0.2) is 0 Å². The zero-order chi connectivity index (χ0) is 11.5. The van der Waals surface area contributed by atoms with Crippen molar-refractivity contribution in [3.63, 3.8) is 0 Å². The van der Waals surface area contributed by atoms with Gasteiger partial charge in [-0.15, -0.1) is 10.2 Å². The number of aryl methyl sites for hydroxylation is 1. The number of rotatable bonds is 3. The van der Waals surface area contributed by atoms with Crippen LogP contribution in [0.1, 0.15) is 11.6 Å². The molecule has 0 atom stereocenters. The summed E-state index contributed by atoms with van der Waals surface area (Å²) in [6, 6.07) is 3.49. The molecule has 3 N–H and O–H groups in total. The van der Waals surface area contributed by atoms with E-state index in [-0.39, 0.29) is 5.84 Å². The maximum absolute atomic E-state index is 7.27. The van der Waals surface area contributed by atoms with Gasteiger partial charge in [0.1, 0.15) is 11.5 Å². The van der Waals surface area contributed by atoms with E-state index in [2.05, 4.69) is 15.2 Å². The molecule has 2 aromatic heterocycles. The zero-order valence-electron chi connectivity index (χ0n) is 8.47. The molecule has 7 heteroatoms. The maximum atomic E-state index is 7.27. The number of aromatic nitrogens is 3.